The third-order valence-electron chi connectivity index (χ3n) is 4.02. The maximum absolute atomic E-state index is 13.2. The molecule has 0 radical (unpaired) electrons. The van der Waals surface area contributed by atoms with E-state index in [9.17, 15) is 14.0 Å². The number of anilines is 3. The van der Waals surface area contributed by atoms with Crippen LogP contribution in [0.25, 0.3) is 0 Å². The number of carbonyl (C=O) groups excluding carboxylic acids is 2. The van der Waals surface area contributed by atoms with Crippen LogP contribution in [0, 0.1) is 5.82 Å². The molecule has 0 aliphatic heterocycles. The van der Waals surface area contributed by atoms with Gasteiger partial charge in [-0.05, 0) is 49.7 Å². The van der Waals surface area contributed by atoms with Gasteiger partial charge in [0.2, 0.25) is 0 Å². The van der Waals surface area contributed by atoms with E-state index in [1.807, 2.05) is 25.9 Å². The summed E-state index contributed by atoms with van der Waals surface area (Å²) in [5.41, 5.74) is 1.95. The van der Waals surface area contributed by atoms with Crippen LogP contribution in [0.1, 0.15) is 23.7 Å². The second kappa shape index (κ2) is 11.0. The van der Waals surface area contributed by atoms with Gasteiger partial charge in [0.1, 0.15) is 5.82 Å². The van der Waals surface area contributed by atoms with Crippen LogP contribution in [0.4, 0.5) is 26.2 Å². The standard InChI is InChI=1S/C21H27FN4O3/c1-4-29-12-6-11-23-20(27)18-14-17(9-10-19(18)26(2)3)25-21(28)24-16-8-5-7-15(22)13-16/h5,7-10,13-14H,4,6,11-12H2,1-3H3,(H,23,27)(H2,24,25,28). The van der Waals surface area contributed by atoms with Crippen molar-refractivity contribution < 1.29 is 18.7 Å². The monoisotopic (exact) mass is 402 g/mol. The van der Waals surface area contributed by atoms with Crippen molar-refractivity contribution in [2.45, 2.75) is 13.3 Å². The summed E-state index contributed by atoms with van der Waals surface area (Å²) in [7, 11) is 3.68. The second-order valence-electron chi connectivity index (χ2n) is 6.52. The zero-order valence-electron chi connectivity index (χ0n) is 16.9. The lowest BCUT2D eigenvalue weighted by Crippen LogP contribution is -2.27. The number of urea groups is 1. The van der Waals surface area contributed by atoms with E-state index in [0.29, 0.717) is 43.1 Å². The summed E-state index contributed by atoms with van der Waals surface area (Å²) in [6.45, 7) is 3.64. The first-order valence-electron chi connectivity index (χ1n) is 9.41. The van der Waals surface area contributed by atoms with Gasteiger partial charge in [0.25, 0.3) is 5.91 Å². The van der Waals surface area contributed by atoms with E-state index >= 15 is 0 Å². The van der Waals surface area contributed by atoms with Gasteiger partial charge in [0.05, 0.1) is 5.56 Å². The zero-order valence-corrected chi connectivity index (χ0v) is 16.9. The van der Waals surface area contributed by atoms with Gasteiger partial charge in [0, 0.05) is 50.9 Å². The van der Waals surface area contributed by atoms with Gasteiger partial charge in [-0.25, -0.2) is 9.18 Å². The highest BCUT2D eigenvalue weighted by Crippen LogP contribution is 2.23. The van der Waals surface area contributed by atoms with Crippen LogP contribution in [0.15, 0.2) is 42.5 Å². The molecule has 0 spiro atoms. The fraction of sp³-hybridized carbons (Fsp3) is 0.333. The highest BCUT2D eigenvalue weighted by molar-refractivity contribution is 6.03. The molecule has 0 aliphatic rings. The predicted octanol–water partition coefficient (Wildman–Crippen LogP) is 3.69. The molecule has 0 saturated heterocycles. The Morgan fingerprint density at radius 1 is 1.07 bits per heavy atom. The number of benzene rings is 2. The molecule has 0 fully saturated rings. The van der Waals surface area contributed by atoms with Gasteiger partial charge in [-0.3, -0.25) is 4.79 Å². The number of nitrogens with zero attached hydrogens (tertiary/aromatic N) is 1. The molecule has 8 heteroatoms. The van der Waals surface area contributed by atoms with E-state index in [1.165, 1.54) is 18.2 Å². The molecule has 29 heavy (non-hydrogen) atoms. The Bertz CT molecular complexity index is 842. The van der Waals surface area contributed by atoms with Crippen molar-refractivity contribution in [1.29, 1.82) is 0 Å². The summed E-state index contributed by atoms with van der Waals surface area (Å²) >= 11 is 0. The lowest BCUT2D eigenvalue weighted by molar-refractivity contribution is 0.0944. The Balaban J connectivity index is 2.06. The number of nitrogens with one attached hydrogen (secondary N) is 3. The molecular weight excluding hydrogens is 375 g/mol. The minimum absolute atomic E-state index is 0.237. The lowest BCUT2D eigenvalue weighted by Gasteiger charge is -2.18. The first-order valence-corrected chi connectivity index (χ1v) is 9.41. The third kappa shape index (κ3) is 7.08. The van der Waals surface area contributed by atoms with Crippen molar-refractivity contribution in [1.82, 2.24) is 5.32 Å². The Morgan fingerprint density at radius 2 is 1.79 bits per heavy atom. The van der Waals surface area contributed by atoms with Crippen molar-refractivity contribution >= 4 is 29.0 Å². The number of carbonyl (C=O) groups is 2. The van der Waals surface area contributed by atoms with Gasteiger partial charge in [-0.15, -0.1) is 0 Å². The van der Waals surface area contributed by atoms with Crippen molar-refractivity contribution in [3.8, 4) is 0 Å². The van der Waals surface area contributed by atoms with E-state index in [0.717, 1.165) is 5.69 Å². The fourth-order valence-corrected chi connectivity index (χ4v) is 2.66. The molecule has 0 heterocycles. The maximum atomic E-state index is 13.2. The number of amides is 3. The topological polar surface area (TPSA) is 82.7 Å². The van der Waals surface area contributed by atoms with Crippen LogP contribution in [0.5, 0.6) is 0 Å². The number of hydrogen-bond acceptors (Lipinski definition) is 4. The molecule has 0 saturated carbocycles. The maximum Gasteiger partial charge on any atom is 0.323 e. The van der Waals surface area contributed by atoms with Crippen LogP contribution in [0.3, 0.4) is 0 Å². The van der Waals surface area contributed by atoms with E-state index in [2.05, 4.69) is 16.0 Å². The average Bonchev–Trinajstić information content (AvgIpc) is 2.67. The molecule has 0 unspecified atom stereocenters. The van der Waals surface area contributed by atoms with Crippen molar-refractivity contribution in [3.63, 3.8) is 0 Å². The Morgan fingerprint density at radius 3 is 2.45 bits per heavy atom. The SMILES string of the molecule is CCOCCCNC(=O)c1cc(NC(=O)Nc2cccc(F)c2)ccc1N(C)C. The largest absolute Gasteiger partial charge is 0.382 e. The smallest absolute Gasteiger partial charge is 0.323 e. The molecule has 0 aliphatic carbocycles. The van der Waals surface area contributed by atoms with Gasteiger partial charge < -0.3 is 25.6 Å². The molecule has 0 bridgehead atoms. The fourth-order valence-electron chi connectivity index (χ4n) is 2.66. The summed E-state index contributed by atoms with van der Waals surface area (Å²) in [6, 6.07) is 10.1. The highest BCUT2D eigenvalue weighted by atomic mass is 19.1. The summed E-state index contributed by atoms with van der Waals surface area (Å²) in [6.07, 6.45) is 0.713. The first kappa shape index (κ1) is 22.2. The van der Waals surface area contributed by atoms with Gasteiger partial charge in [-0.1, -0.05) is 6.07 Å². The van der Waals surface area contributed by atoms with E-state index in [4.69, 9.17) is 4.74 Å². The predicted molar refractivity (Wildman–Crippen MR) is 113 cm³/mol. The molecule has 3 amide bonds. The summed E-state index contributed by atoms with van der Waals surface area (Å²) in [5, 5.41) is 8.08. The molecule has 2 rings (SSSR count). The first-order chi connectivity index (χ1) is 13.9. The van der Waals surface area contributed by atoms with Crippen molar-refractivity contribution in [2.75, 3.05) is 49.4 Å². The quantitative estimate of drug-likeness (QED) is 0.559. The van der Waals surface area contributed by atoms with E-state index < -0.39 is 11.8 Å². The second-order valence-corrected chi connectivity index (χ2v) is 6.52. The van der Waals surface area contributed by atoms with Crippen LogP contribution in [0.2, 0.25) is 0 Å². The number of rotatable bonds is 9. The number of hydrogen-bond donors (Lipinski definition) is 3. The number of halogens is 1. The minimum Gasteiger partial charge on any atom is -0.382 e. The van der Waals surface area contributed by atoms with Gasteiger partial charge in [0.15, 0.2) is 0 Å². The molecule has 3 N–H and O–H groups in total. The van der Waals surface area contributed by atoms with Crippen LogP contribution in [-0.2, 0) is 4.74 Å². The Kier molecular flexibility index (Phi) is 8.42. The van der Waals surface area contributed by atoms with E-state index in [1.54, 1.807) is 24.3 Å². The van der Waals surface area contributed by atoms with Gasteiger partial charge in [-0.2, -0.15) is 0 Å². The molecule has 2 aromatic carbocycles. The Hall–Kier alpha value is -3.13. The van der Waals surface area contributed by atoms with Gasteiger partial charge >= 0.3 is 6.03 Å². The molecule has 156 valence electrons. The summed E-state index contributed by atoms with van der Waals surface area (Å²) in [5.74, 6) is -0.680. The average molecular weight is 402 g/mol. The van der Waals surface area contributed by atoms with Crippen LogP contribution < -0.4 is 20.9 Å². The lowest BCUT2D eigenvalue weighted by atomic mass is 10.1. The normalized spacial score (nSPS) is 10.3. The van der Waals surface area contributed by atoms with Crippen LogP contribution >= 0.6 is 0 Å². The highest BCUT2D eigenvalue weighted by Gasteiger charge is 2.15. The molecular formula is C21H27FN4O3. The van der Waals surface area contributed by atoms with Crippen molar-refractivity contribution in [3.05, 3.63) is 53.8 Å². The minimum atomic E-state index is -0.531. The third-order valence-corrected chi connectivity index (χ3v) is 4.02. The molecule has 2 aromatic rings. The number of ether oxygens (including phenoxy) is 1. The molecule has 0 atom stereocenters. The van der Waals surface area contributed by atoms with Crippen LogP contribution in [-0.4, -0.2) is 45.8 Å². The summed E-state index contributed by atoms with van der Waals surface area (Å²) in [4.78, 5) is 26.6. The molecule has 0 aromatic heterocycles. The van der Waals surface area contributed by atoms with Crippen molar-refractivity contribution in [2.24, 2.45) is 0 Å². The van der Waals surface area contributed by atoms with E-state index in [-0.39, 0.29) is 5.91 Å². The Labute approximate surface area is 170 Å². The summed E-state index contributed by atoms with van der Waals surface area (Å²) < 4.78 is 18.5. The zero-order chi connectivity index (χ0) is 21.2. The molecule has 7 nitrogen and oxygen atoms in total.